The Hall–Kier alpha value is -2.67. The highest BCUT2D eigenvalue weighted by molar-refractivity contribution is 7.99. The third-order valence-electron chi connectivity index (χ3n) is 4.15. The minimum Gasteiger partial charge on any atom is -0.325 e. The molecule has 27 heavy (non-hydrogen) atoms. The molecule has 7 heteroatoms. The van der Waals surface area contributed by atoms with Gasteiger partial charge in [-0.3, -0.25) is 4.79 Å². The van der Waals surface area contributed by atoms with Crippen molar-refractivity contribution in [2.45, 2.75) is 32.5 Å². The third-order valence-corrected chi connectivity index (χ3v) is 5.12. The lowest BCUT2D eigenvalue weighted by Gasteiger charge is -2.09. The molecule has 0 aliphatic heterocycles. The lowest BCUT2D eigenvalue weighted by molar-refractivity contribution is -0.113. The van der Waals surface area contributed by atoms with Crippen molar-refractivity contribution in [2.24, 2.45) is 0 Å². The average Bonchev–Trinajstić information content (AvgIpc) is 3.06. The monoisotopic (exact) mass is 384 g/mol. The molecule has 140 valence electrons. The fourth-order valence-corrected chi connectivity index (χ4v) is 3.44. The van der Waals surface area contributed by atoms with Crippen LogP contribution >= 0.6 is 11.8 Å². The minimum atomic E-state index is -0.378. The lowest BCUT2D eigenvalue weighted by atomic mass is 10.1. The number of aromatic nitrogens is 3. The van der Waals surface area contributed by atoms with Crippen molar-refractivity contribution in [1.29, 1.82) is 0 Å². The van der Waals surface area contributed by atoms with Crippen LogP contribution < -0.4 is 5.32 Å². The predicted octanol–water partition coefficient (Wildman–Crippen LogP) is 4.45. The molecule has 0 aliphatic carbocycles. The van der Waals surface area contributed by atoms with Crippen molar-refractivity contribution in [3.8, 4) is 11.4 Å². The molecule has 0 saturated heterocycles. The van der Waals surface area contributed by atoms with Crippen LogP contribution in [0.15, 0.2) is 47.6 Å². The van der Waals surface area contributed by atoms with Gasteiger partial charge in [0.1, 0.15) is 5.82 Å². The second-order valence-corrected chi connectivity index (χ2v) is 7.16. The Morgan fingerprint density at radius 2 is 1.89 bits per heavy atom. The molecule has 3 rings (SSSR count). The summed E-state index contributed by atoms with van der Waals surface area (Å²) in [4.78, 5) is 12.3. The van der Waals surface area contributed by atoms with Gasteiger partial charge in [0.2, 0.25) is 5.91 Å². The molecule has 3 aromatic rings. The zero-order valence-corrected chi connectivity index (χ0v) is 16.3. The molecule has 0 atom stereocenters. The van der Waals surface area contributed by atoms with Gasteiger partial charge in [0.25, 0.3) is 0 Å². The van der Waals surface area contributed by atoms with E-state index in [0.717, 1.165) is 17.0 Å². The smallest absolute Gasteiger partial charge is 0.234 e. The Labute approximate surface area is 162 Å². The van der Waals surface area contributed by atoms with Crippen molar-refractivity contribution in [3.05, 3.63) is 59.4 Å². The first-order valence-corrected chi connectivity index (χ1v) is 9.65. The number of hydrogen-bond donors (Lipinski definition) is 1. The molecule has 0 aliphatic rings. The van der Waals surface area contributed by atoms with Crippen molar-refractivity contribution in [3.63, 3.8) is 0 Å². The van der Waals surface area contributed by atoms with E-state index < -0.39 is 0 Å². The molecule has 2 aromatic carbocycles. The Morgan fingerprint density at radius 1 is 1.15 bits per heavy atom. The van der Waals surface area contributed by atoms with Crippen molar-refractivity contribution < 1.29 is 9.18 Å². The summed E-state index contributed by atoms with van der Waals surface area (Å²) in [5.74, 6) is 0.358. The minimum absolute atomic E-state index is 0.169. The van der Waals surface area contributed by atoms with Crippen LogP contribution in [0.3, 0.4) is 0 Å². The molecule has 0 bridgehead atoms. The molecule has 0 radical (unpaired) electrons. The van der Waals surface area contributed by atoms with Crippen molar-refractivity contribution in [2.75, 3.05) is 11.1 Å². The Kier molecular flexibility index (Phi) is 5.91. The maximum atomic E-state index is 13.4. The summed E-state index contributed by atoms with van der Waals surface area (Å²) in [6, 6.07) is 12.4. The number of carbonyl (C=O) groups excluding carboxylic acids is 1. The van der Waals surface area contributed by atoms with E-state index in [-0.39, 0.29) is 17.5 Å². The van der Waals surface area contributed by atoms with Gasteiger partial charge in [0, 0.05) is 17.8 Å². The number of nitrogens with one attached hydrogen (secondary N) is 1. The van der Waals surface area contributed by atoms with Crippen molar-refractivity contribution >= 4 is 23.4 Å². The van der Waals surface area contributed by atoms with E-state index >= 15 is 0 Å². The number of benzene rings is 2. The van der Waals surface area contributed by atoms with Crippen LogP contribution in [-0.4, -0.2) is 26.4 Å². The van der Waals surface area contributed by atoms with Crippen LogP contribution in [0.4, 0.5) is 10.1 Å². The first-order chi connectivity index (χ1) is 13.0. The summed E-state index contributed by atoms with van der Waals surface area (Å²) in [5, 5.41) is 11.9. The van der Waals surface area contributed by atoms with Crippen LogP contribution in [0.1, 0.15) is 18.1 Å². The van der Waals surface area contributed by atoms with Gasteiger partial charge in [-0.25, -0.2) is 4.39 Å². The van der Waals surface area contributed by atoms with E-state index in [1.54, 1.807) is 6.07 Å². The topological polar surface area (TPSA) is 59.8 Å². The van der Waals surface area contributed by atoms with E-state index in [2.05, 4.69) is 15.5 Å². The molecule has 1 N–H and O–H groups in total. The summed E-state index contributed by atoms with van der Waals surface area (Å²) < 4.78 is 15.3. The molecule has 0 spiro atoms. The largest absolute Gasteiger partial charge is 0.325 e. The van der Waals surface area contributed by atoms with Gasteiger partial charge in [0.15, 0.2) is 11.0 Å². The molecule has 1 amide bonds. The first-order valence-electron chi connectivity index (χ1n) is 8.67. The molecular weight excluding hydrogens is 363 g/mol. The highest BCUT2D eigenvalue weighted by atomic mass is 32.2. The molecule has 0 unspecified atom stereocenters. The lowest BCUT2D eigenvalue weighted by Crippen LogP contribution is -2.15. The molecule has 1 heterocycles. The van der Waals surface area contributed by atoms with Gasteiger partial charge in [-0.2, -0.15) is 0 Å². The van der Waals surface area contributed by atoms with Crippen LogP contribution in [0.2, 0.25) is 0 Å². The maximum absolute atomic E-state index is 13.4. The van der Waals surface area contributed by atoms with Gasteiger partial charge in [-0.1, -0.05) is 47.7 Å². The average molecular weight is 384 g/mol. The van der Waals surface area contributed by atoms with Gasteiger partial charge in [-0.05, 0) is 38.5 Å². The fourth-order valence-electron chi connectivity index (χ4n) is 2.64. The summed E-state index contributed by atoms with van der Waals surface area (Å²) in [7, 11) is 0. The van der Waals surface area contributed by atoms with Crippen molar-refractivity contribution in [1.82, 2.24) is 14.8 Å². The Morgan fingerprint density at radius 3 is 2.59 bits per heavy atom. The molecule has 5 nitrogen and oxygen atoms in total. The summed E-state index contributed by atoms with van der Waals surface area (Å²) in [5.41, 5.74) is 3.47. The van der Waals surface area contributed by atoms with E-state index in [1.807, 2.05) is 49.6 Å². The molecule has 0 fully saturated rings. The van der Waals surface area contributed by atoms with Crippen LogP contribution in [0.5, 0.6) is 0 Å². The quantitative estimate of drug-likeness (QED) is 0.638. The van der Waals surface area contributed by atoms with Crippen LogP contribution in [0.25, 0.3) is 11.4 Å². The number of thioether (sulfide) groups is 1. The number of aryl methyl sites for hydroxylation is 2. The standard InChI is InChI=1S/C20H21FN4OS/c1-4-25-19(15-8-5-13(2)6-9-15)23-24-20(25)27-12-18(26)22-17-11-16(21)10-7-14(17)3/h5-11H,4,12H2,1-3H3,(H,22,26). The number of rotatable bonds is 6. The molecule has 1 aromatic heterocycles. The van der Waals surface area contributed by atoms with Crippen LogP contribution in [-0.2, 0) is 11.3 Å². The maximum Gasteiger partial charge on any atom is 0.234 e. The molecule has 0 saturated carbocycles. The number of amides is 1. The van der Waals surface area contributed by atoms with E-state index in [1.165, 1.54) is 29.5 Å². The number of halogens is 1. The van der Waals surface area contributed by atoms with E-state index in [4.69, 9.17) is 0 Å². The second kappa shape index (κ2) is 8.35. The zero-order chi connectivity index (χ0) is 19.4. The number of nitrogens with zero attached hydrogens (tertiary/aromatic N) is 3. The van der Waals surface area contributed by atoms with Gasteiger partial charge in [-0.15, -0.1) is 10.2 Å². The van der Waals surface area contributed by atoms with Gasteiger partial charge < -0.3 is 9.88 Å². The van der Waals surface area contributed by atoms with E-state index in [0.29, 0.717) is 17.4 Å². The third kappa shape index (κ3) is 4.54. The Balaban J connectivity index is 1.70. The summed E-state index contributed by atoms with van der Waals surface area (Å²) >= 11 is 1.31. The first kappa shape index (κ1) is 19.1. The molecular formula is C20H21FN4OS. The number of carbonyl (C=O) groups is 1. The highest BCUT2D eigenvalue weighted by Gasteiger charge is 2.15. The second-order valence-electron chi connectivity index (χ2n) is 6.21. The zero-order valence-electron chi connectivity index (χ0n) is 15.5. The fraction of sp³-hybridized carbons (Fsp3) is 0.250. The normalized spacial score (nSPS) is 10.8. The SMILES string of the molecule is CCn1c(SCC(=O)Nc2cc(F)ccc2C)nnc1-c1ccc(C)cc1. The predicted molar refractivity (Wildman–Crippen MR) is 106 cm³/mol. The number of hydrogen-bond acceptors (Lipinski definition) is 4. The highest BCUT2D eigenvalue weighted by Crippen LogP contribution is 2.24. The summed E-state index contributed by atoms with van der Waals surface area (Å²) in [6.07, 6.45) is 0. The van der Waals surface area contributed by atoms with Crippen LogP contribution in [0, 0.1) is 19.7 Å². The Bertz CT molecular complexity index is 953. The number of anilines is 1. The van der Waals surface area contributed by atoms with Gasteiger partial charge in [0.05, 0.1) is 5.75 Å². The van der Waals surface area contributed by atoms with E-state index in [9.17, 15) is 9.18 Å². The summed E-state index contributed by atoms with van der Waals surface area (Å²) in [6.45, 7) is 6.57. The van der Waals surface area contributed by atoms with Gasteiger partial charge >= 0.3 is 0 Å².